The fourth-order valence-electron chi connectivity index (χ4n) is 3.70. The molecule has 168 valence electrons. The normalized spacial score (nSPS) is 14.5. The molecule has 32 heavy (non-hydrogen) atoms. The number of rotatable bonds is 3. The lowest BCUT2D eigenvalue weighted by atomic mass is 10.1. The van der Waals surface area contributed by atoms with Crippen LogP contribution in [-0.2, 0) is 6.18 Å². The average Bonchev–Trinajstić information content (AvgIpc) is 2.79. The van der Waals surface area contributed by atoms with Gasteiger partial charge in [0.2, 0.25) is 0 Å². The van der Waals surface area contributed by atoms with E-state index in [1.807, 2.05) is 4.90 Å². The first-order chi connectivity index (χ1) is 15.3. The maximum atomic E-state index is 13.4. The van der Waals surface area contributed by atoms with Crippen molar-refractivity contribution in [2.24, 2.45) is 0 Å². The average molecular weight is 465 g/mol. The number of amides is 2. The quantitative estimate of drug-likeness (QED) is 0.573. The summed E-state index contributed by atoms with van der Waals surface area (Å²) in [5.74, 6) is 0.437. The molecule has 0 unspecified atom stereocenters. The Balaban J connectivity index is 1.52. The van der Waals surface area contributed by atoms with Crippen molar-refractivity contribution in [3.05, 3.63) is 59.2 Å². The number of ether oxygens (including phenoxy) is 1. The number of benzene rings is 2. The molecule has 0 saturated carbocycles. The van der Waals surface area contributed by atoms with Crippen molar-refractivity contribution in [2.75, 3.05) is 43.5 Å². The van der Waals surface area contributed by atoms with Gasteiger partial charge in [0.1, 0.15) is 17.1 Å². The summed E-state index contributed by atoms with van der Waals surface area (Å²) in [7, 11) is 1.48. The van der Waals surface area contributed by atoms with Crippen LogP contribution in [0.15, 0.2) is 48.5 Å². The summed E-state index contributed by atoms with van der Waals surface area (Å²) in [4.78, 5) is 20.0. The van der Waals surface area contributed by atoms with Gasteiger partial charge in [-0.05, 0) is 24.3 Å². The van der Waals surface area contributed by atoms with E-state index in [9.17, 15) is 18.0 Å². The van der Waals surface area contributed by atoms with Gasteiger partial charge in [0.25, 0.3) is 0 Å². The van der Waals surface area contributed by atoms with Crippen molar-refractivity contribution in [2.45, 2.75) is 6.18 Å². The molecule has 0 spiro atoms. The highest BCUT2D eigenvalue weighted by atomic mass is 35.5. The van der Waals surface area contributed by atoms with Gasteiger partial charge < -0.3 is 19.9 Å². The number of pyridine rings is 1. The summed E-state index contributed by atoms with van der Waals surface area (Å²) < 4.78 is 45.4. The number of nitrogens with one attached hydrogen (secondary N) is 1. The number of fused-ring (bicyclic) bond motifs is 1. The second-order valence-corrected chi connectivity index (χ2v) is 7.67. The summed E-state index contributed by atoms with van der Waals surface area (Å²) in [5.41, 5.74) is 0.176. The van der Waals surface area contributed by atoms with E-state index >= 15 is 0 Å². The number of carbonyl (C=O) groups is 1. The maximum Gasteiger partial charge on any atom is 0.433 e. The van der Waals surface area contributed by atoms with E-state index in [2.05, 4.69) is 10.3 Å². The molecular formula is C22H20ClF3N4O2. The predicted molar refractivity (Wildman–Crippen MR) is 118 cm³/mol. The second-order valence-electron chi connectivity index (χ2n) is 7.26. The Kier molecular flexibility index (Phi) is 6.01. The molecule has 6 nitrogen and oxygen atoms in total. The van der Waals surface area contributed by atoms with Crippen molar-refractivity contribution in [3.63, 3.8) is 0 Å². The first-order valence-electron chi connectivity index (χ1n) is 9.88. The van der Waals surface area contributed by atoms with Crippen LogP contribution < -0.4 is 15.0 Å². The lowest BCUT2D eigenvalue weighted by Gasteiger charge is -2.36. The topological polar surface area (TPSA) is 57.7 Å². The number of methoxy groups -OCH3 is 1. The standard InChI is InChI=1S/C22H20ClF3N4O2/c1-32-18-8-4-6-15(23)20(18)28-21(31)30-11-9-29(10-12-30)17-13-19(22(24,25)26)27-16-7-3-2-5-14(16)17/h2-8,13H,9-12H2,1H3,(H,28,31). The SMILES string of the molecule is COc1cccc(Cl)c1NC(=O)N1CCN(c2cc(C(F)(F)F)nc3ccccc23)CC1. The van der Waals surface area contributed by atoms with Gasteiger partial charge in [0, 0.05) is 37.3 Å². The van der Waals surface area contributed by atoms with Gasteiger partial charge >= 0.3 is 12.2 Å². The minimum absolute atomic E-state index is 0.281. The number of hydrogen-bond acceptors (Lipinski definition) is 4. The maximum absolute atomic E-state index is 13.4. The van der Waals surface area contributed by atoms with Crippen LogP contribution in [0.4, 0.5) is 29.3 Å². The number of para-hydroxylation sites is 2. The minimum atomic E-state index is -4.55. The first kappa shape index (κ1) is 22.0. The second kappa shape index (κ2) is 8.74. The van der Waals surface area contributed by atoms with Gasteiger partial charge in [0.05, 0.1) is 17.6 Å². The molecule has 1 aromatic heterocycles. The van der Waals surface area contributed by atoms with Crippen molar-refractivity contribution in [1.82, 2.24) is 9.88 Å². The molecule has 1 aliphatic rings. The number of piperazine rings is 1. The Bertz CT molecular complexity index is 1150. The number of nitrogens with zero attached hydrogens (tertiary/aromatic N) is 3. The van der Waals surface area contributed by atoms with E-state index in [0.717, 1.165) is 6.07 Å². The van der Waals surface area contributed by atoms with Crippen LogP contribution >= 0.6 is 11.6 Å². The third-order valence-electron chi connectivity index (χ3n) is 5.32. The molecule has 1 aliphatic heterocycles. The first-order valence-corrected chi connectivity index (χ1v) is 10.3. The number of halogens is 4. The smallest absolute Gasteiger partial charge is 0.433 e. The highest BCUT2D eigenvalue weighted by molar-refractivity contribution is 6.34. The van der Waals surface area contributed by atoms with E-state index in [1.165, 1.54) is 7.11 Å². The van der Waals surface area contributed by atoms with Gasteiger partial charge in [-0.15, -0.1) is 0 Å². The summed E-state index contributed by atoms with van der Waals surface area (Å²) in [6, 6.07) is 12.5. The van der Waals surface area contributed by atoms with E-state index in [-0.39, 0.29) is 11.5 Å². The molecule has 0 bridgehead atoms. The Morgan fingerprint density at radius 2 is 1.81 bits per heavy atom. The van der Waals surface area contributed by atoms with Crippen LogP contribution in [0.3, 0.4) is 0 Å². The Labute approximate surface area is 187 Å². The number of anilines is 2. The third-order valence-corrected chi connectivity index (χ3v) is 5.63. The van der Waals surface area contributed by atoms with Crippen LogP contribution in [0.2, 0.25) is 5.02 Å². The molecule has 1 saturated heterocycles. The Hall–Kier alpha value is -3.20. The largest absolute Gasteiger partial charge is 0.495 e. The van der Waals surface area contributed by atoms with Crippen LogP contribution in [0, 0.1) is 0 Å². The molecule has 3 aromatic rings. The van der Waals surface area contributed by atoms with E-state index in [0.29, 0.717) is 53.7 Å². The summed E-state index contributed by atoms with van der Waals surface area (Å²) >= 11 is 6.18. The fraction of sp³-hybridized carbons (Fsp3) is 0.273. The van der Waals surface area contributed by atoms with Crippen LogP contribution in [0.25, 0.3) is 10.9 Å². The van der Waals surface area contributed by atoms with Crippen molar-refractivity contribution in [3.8, 4) is 5.75 Å². The molecule has 1 N–H and O–H groups in total. The van der Waals surface area contributed by atoms with Crippen molar-refractivity contribution >= 4 is 39.9 Å². The Morgan fingerprint density at radius 1 is 1.09 bits per heavy atom. The molecular weight excluding hydrogens is 445 g/mol. The van der Waals surface area contributed by atoms with Crippen LogP contribution in [0.1, 0.15) is 5.69 Å². The highest BCUT2D eigenvalue weighted by Crippen LogP contribution is 2.35. The number of aromatic nitrogens is 1. The number of urea groups is 1. The summed E-state index contributed by atoms with van der Waals surface area (Å²) in [6.07, 6.45) is -4.55. The van der Waals surface area contributed by atoms with Crippen molar-refractivity contribution in [1.29, 1.82) is 0 Å². The zero-order valence-electron chi connectivity index (χ0n) is 17.1. The molecule has 0 aliphatic carbocycles. The molecule has 2 aromatic carbocycles. The van der Waals surface area contributed by atoms with Gasteiger partial charge in [-0.1, -0.05) is 35.9 Å². The molecule has 0 atom stereocenters. The monoisotopic (exact) mass is 464 g/mol. The molecule has 0 radical (unpaired) electrons. The molecule has 4 rings (SSSR count). The van der Waals surface area contributed by atoms with E-state index < -0.39 is 11.9 Å². The predicted octanol–water partition coefficient (Wildman–Crippen LogP) is 5.27. The van der Waals surface area contributed by atoms with Gasteiger partial charge in [-0.25, -0.2) is 9.78 Å². The molecule has 2 amide bonds. The fourth-order valence-corrected chi connectivity index (χ4v) is 3.91. The summed E-state index contributed by atoms with van der Waals surface area (Å²) in [5, 5.41) is 3.75. The van der Waals surface area contributed by atoms with E-state index in [4.69, 9.17) is 16.3 Å². The van der Waals surface area contributed by atoms with Crippen LogP contribution in [-0.4, -0.2) is 49.2 Å². The van der Waals surface area contributed by atoms with Crippen molar-refractivity contribution < 1.29 is 22.7 Å². The Morgan fingerprint density at radius 3 is 2.50 bits per heavy atom. The van der Waals surface area contributed by atoms with Gasteiger partial charge in [-0.2, -0.15) is 13.2 Å². The lowest BCUT2D eigenvalue weighted by molar-refractivity contribution is -0.140. The van der Waals surface area contributed by atoms with Gasteiger partial charge in [0.15, 0.2) is 0 Å². The number of hydrogen-bond donors (Lipinski definition) is 1. The molecule has 2 heterocycles. The lowest BCUT2D eigenvalue weighted by Crippen LogP contribution is -2.50. The zero-order chi connectivity index (χ0) is 22.9. The highest BCUT2D eigenvalue weighted by Gasteiger charge is 2.34. The summed E-state index contributed by atoms with van der Waals surface area (Å²) in [6.45, 7) is 1.41. The zero-order valence-corrected chi connectivity index (χ0v) is 17.9. The van der Waals surface area contributed by atoms with Crippen LogP contribution in [0.5, 0.6) is 5.75 Å². The van der Waals surface area contributed by atoms with E-state index in [1.54, 1.807) is 47.4 Å². The number of alkyl halides is 3. The van der Waals surface area contributed by atoms with Gasteiger partial charge in [-0.3, -0.25) is 0 Å². The molecule has 10 heteroatoms. The molecule has 1 fully saturated rings. The third kappa shape index (κ3) is 4.38. The number of carbonyl (C=O) groups excluding carboxylic acids is 1. The minimum Gasteiger partial charge on any atom is -0.495 e.